The van der Waals surface area contributed by atoms with Crippen molar-refractivity contribution >= 4 is 28.8 Å². The third kappa shape index (κ3) is 3.37. The molecule has 2 heterocycles. The first-order valence-electron chi connectivity index (χ1n) is 7.80. The number of hydrogen-bond donors (Lipinski definition) is 0. The van der Waals surface area contributed by atoms with E-state index in [4.69, 9.17) is 4.74 Å². The van der Waals surface area contributed by atoms with Crippen LogP contribution in [0.25, 0.3) is 0 Å². The number of aliphatic imine (C=N–C) groups is 1. The number of halogens is 1. The van der Waals surface area contributed by atoms with E-state index in [1.54, 1.807) is 19.1 Å². The van der Waals surface area contributed by atoms with E-state index >= 15 is 0 Å². The summed E-state index contributed by atoms with van der Waals surface area (Å²) >= 11 is 1.47. The zero-order valence-electron chi connectivity index (χ0n) is 13.7. The van der Waals surface area contributed by atoms with Crippen LogP contribution in [0, 0.1) is 5.82 Å². The number of fused-ring (bicyclic) bond motifs is 1. The Morgan fingerprint density at radius 1 is 1.48 bits per heavy atom. The van der Waals surface area contributed by atoms with E-state index in [0.29, 0.717) is 28.6 Å². The van der Waals surface area contributed by atoms with Crippen LogP contribution in [-0.2, 0) is 14.3 Å². The molecule has 1 fully saturated rings. The van der Waals surface area contributed by atoms with Crippen LogP contribution in [0.4, 0.5) is 4.39 Å². The number of amides is 1. The second kappa shape index (κ2) is 7.23. The number of carbonyl (C=O) groups is 2. The van der Waals surface area contributed by atoms with Crippen molar-refractivity contribution in [1.29, 1.82) is 0 Å². The van der Waals surface area contributed by atoms with Gasteiger partial charge in [0.2, 0.25) is 5.91 Å². The van der Waals surface area contributed by atoms with Crippen LogP contribution >= 0.6 is 11.8 Å². The average Bonchev–Trinajstić information content (AvgIpc) is 2.59. The van der Waals surface area contributed by atoms with Crippen LogP contribution < -0.4 is 0 Å². The lowest BCUT2D eigenvalue weighted by Crippen LogP contribution is -2.45. The van der Waals surface area contributed by atoms with Gasteiger partial charge in [-0.15, -0.1) is 0 Å². The van der Waals surface area contributed by atoms with Gasteiger partial charge in [-0.05, 0) is 24.6 Å². The summed E-state index contributed by atoms with van der Waals surface area (Å²) in [5.74, 6) is -0.413. The maximum Gasteiger partial charge on any atom is 0.338 e. The highest BCUT2D eigenvalue weighted by molar-refractivity contribution is 8.14. The van der Waals surface area contributed by atoms with Crippen LogP contribution in [0.15, 0.2) is 53.2 Å². The number of thioether (sulfide) groups is 1. The summed E-state index contributed by atoms with van der Waals surface area (Å²) in [5, 5.41) is 0.559. The highest BCUT2D eigenvalue weighted by Gasteiger charge is 2.41. The van der Waals surface area contributed by atoms with Crippen molar-refractivity contribution in [2.24, 2.45) is 4.99 Å². The third-order valence-corrected chi connectivity index (χ3v) is 4.90. The molecule has 0 saturated carbocycles. The van der Waals surface area contributed by atoms with Crippen LogP contribution in [0.2, 0.25) is 0 Å². The van der Waals surface area contributed by atoms with Gasteiger partial charge in [0.1, 0.15) is 12.4 Å². The molecule has 0 bridgehead atoms. The SMILES string of the molecule is C=CCOC(=O)C1=C(C)N=C2SCCC(=O)N2[C@H]1c1ccc(F)cc1. The van der Waals surface area contributed by atoms with Crippen LogP contribution in [0.5, 0.6) is 0 Å². The van der Waals surface area contributed by atoms with Crippen molar-refractivity contribution in [3.63, 3.8) is 0 Å². The van der Waals surface area contributed by atoms with Crippen molar-refractivity contribution in [3.8, 4) is 0 Å². The summed E-state index contributed by atoms with van der Waals surface area (Å²) in [6, 6.07) is 5.09. The molecule has 7 heteroatoms. The predicted octanol–water partition coefficient (Wildman–Crippen LogP) is 3.21. The largest absolute Gasteiger partial charge is 0.458 e. The number of carbonyl (C=O) groups excluding carboxylic acids is 2. The van der Waals surface area contributed by atoms with Crippen LogP contribution in [0.3, 0.4) is 0 Å². The molecule has 0 unspecified atom stereocenters. The van der Waals surface area contributed by atoms with E-state index in [2.05, 4.69) is 11.6 Å². The Balaban J connectivity index is 2.11. The minimum atomic E-state index is -0.675. The fourth-order valence-corrected chi connectivity index (χ4v) is 3.84. The Kier molecular flexibility index (Phi) is 5.03. The van der Waals surface area contributed by atoms with Gasteiger partial charge < -0.3 is 4.74 Å². The van der Waals surface area contributed by atoms with Crippen LogP contribution in [0.1, 0.15) is 24.9 Å². The van der Waals surface area contributed by atoms with Crippen LogP contribution in [-0.4, -0.2) is 34.3 Å². The lowest BCUT2D eigenvalue weighted by Gasteiger charge is -2.38. The van der Waals surface area contributed by atoms with Gasteiger partial charge in [0, 0.05) is 12.2 Å². The lowest BCUT2D eigenvalue weighted by molar-refractivity contribution is -0.139. The zero-order chi connectivity index (χ0) is 18.0. The van der Waals surface area contributed by atoms with Gasteiger partial charge in [0.15, 0.2) is 5.17 Å². The second-order valence-corrected chi connectivity index (χ2v) is 6.66. The number of hydrogen-bond acceptors (Lipinski definition) is 5. The topological polar surface area (TPSA) is 59.0 Å². The molecule has 0 N–H and O–H groups in total. The molecule has 1 amide bonds. The van der Waals surface area contributed by atoms with Crippen molar-refractivity contribution in [2.45, 2.75) is 19.4 Å². The van der Waals surface area contributed by atoms with Crippen molar-refractivity contribution in [2.75, 3.05) is 12.4 Å². The maximum atomic E-state index is 13.3. The second-order valence-electron chi connectivity index (χ2n) is 5.60. The molecule has 1 aromatic carbocycles. The number of benzene rings is 1. The Labute approximate surface area is 149 Å². The molecule has 3 rings (SSSR count). The minimum Gasteiger partial charge on any atom is -0.458 e. The van der Waals surface area contributed by atoms with Gasteiger partial charge in [0.05, 0.1) is 17.3 Å². The number of nitrogens with zero attached hydrogens (tertiary/aromatic N) is 2. The number of allylic oxidation sites excluding steroid dienone is 1. The summed E-state index contributed by atoms with van der Waals surface area (Å²) in [6.45, 7) is 5.30. The molecule has 130 valence electrons. The molecule has 1 saturated heterocycles. The highest BCUT2D eigenvalue weighted by Crippen LogP contribution is 2.40. The zero-order valence-corrected chi connectivity index (χ0v) is 14.5. The molecule has 0 radical (unpaired) electrons. The van der Waals surface area contributed by atoms with E-state index < -0.39 is 12.0 Å². The van der Waals surface area contributed by atoms with Gasteiger partial charge in [0.25, 0.3) is 0 Å². The molecule has 2 aliphatic rings. The Bertz CT molecular complexity index is 786. The fraction of sp³-hybridized carbons (Fsp3) is 0.278. The van der Waals surface area contributed by atoms with E-state index in [-0.39, 0.29) is 23.9 Å². The predicted molar refractivity (Wildman–Crippen MR) is 94.4 cm³/mol. The molecule has 2 aliphatic heterocycles. The number of rotatable bonds is 4. The monoisotopic (exact) mass is 360 g/mol. The fourth-order valence-electron chi connectivity index (χ4n) is 2.83. The summed E-state index contributed by atoms with van der Waals surface area (Å²) in [5.41, 5.74) is 1.42. The van der Waals surface area contributed by atoms with E-state index in [1.807, 2.05) is 0 Å². The number of esters is 1. The molecule has 0 aromatic heterocycles. The first kappa shape index (κ1) is 17.4. The Hall–Kier alpha value is -2.41. The third-order valence-electron chi connectivity index (χ3n) is 3.94. The molecular formula is C18H17FN2O3S. The normalized spacial score (nSPS) is 20.1. The van der Waals surface area contributed by atoms with E-state index in [1.165, 1.54) is 34.9 Å². The van der Waals surface area contributed by atoms with E-state index in [9.17, 15) is 14.0 Å². The molecule has 0 spiro atoms. The van der Waals surface area contributed by atoms with Gasteiger partial charge >= 0.3 is 5.97 Å². The molecular weight excluding hydrogens is 343 g/mol. The molecule has 1 aromatic rings. The first-order chi connectivity index (χ1) is 12.0. The number of amidine groups is 1. The minimum absolute atomic E-state index is 0.0605. The van der Waals surface area contributed by atoms with Crippen molar-refractivity contribution < 1.29 is 18.7 Å². The maximum absolute atomic E-state index is 13.3. The molecule has 5 nitrogen and oxygen atoms in total. The number of ether oxygens (including phenoxy) is 1. The quantitative estimate of drug-likeness (QED) is 0.611. The van der Waals surface area contributed by atoms with Gasteiger partial charge in [-0.3, -0.25) is 9.69 Å². The highest BCUT2D eigenvalue weighted by atomic mass is 32.2. The first-order valence-corrected chi connectivity index (χ1v) is 8.79. The molecule has 1 atom stereocenters. The summed E-state index contributed by atoms with van der Waals surface area (Å²) in [4.78, 5) is 31.1. The Morgan fingerprint density at radius 3 is 2.88 bits per heavy atom. The lowest BCUT2D eigenvalue weighted by atomic mass is 9.94. The van der Waals surface area contributed by atoms with Gasteiger partial charge in [-0.2, -0.15) is 0 Å². The molecule has 25 heavy (non-hydrogen) atoms. The smallest absolute Gasteiger partial charge is 0.338 e. The molecule has 0 aliphatic carbocycles. The summed E-state index contributed by atoms with van der Waals surface area (Å²) < 4.78 is 18.5. The van der Waals surface area contributed by atoms with Gasteiger partial charge in [-0.25, -0.2) is 14.2 Å². The Morgan fingerprint density at radius 2 is 2.20 bits per heavy atom. The van der Waals surface area contributed by atoms with Crippen molar-refractivity contribution in [1.82, 2.24) is 4.90 Å². The van der Waals surface area contributed by atoms with Gasteiger partial charge in [-0.1, -0.05) is 36.5 Å². The van der Waals surface area contributed by atoms with E-state index in [0.717, 1.165) is 0 Å². The van der Waals surface area contributed by atoms with Crippen molar-refractivity contribution in [3.05, 3.63) is 59.6 Å². The standard InChI is InChI=1S/C18H17FN2O3S/c1-3-9-24-17(23)15-11(2)20-18-21(14(22)8-10-25-18)16(15)12-4-6-13(19)7-5-12/h3-7,16H,1,8-10H2,2H3/t16-/m0/s1. The summed E-state index contributed by atoms with van der Waals surface area (Å²) in [6.07, 6.45) is 1.83. The average molecular weight is 360 g/mol. The summed E-state index contributed by atoms with van der Waals surface area (Å²) in [7, 11) is 0.